The zero-order valence-corrected chi connectivity index (χ0v) is 19.5. The number of hydrogen-bond acceptors (Lipinski definition) is 5. The molecule has 164 valence electrons. The summed E-state index contributed by atoms with van der Waals surface area (Å²) in [6.07, 6.45) is 3.45. The van der Waals surface area contributed by atoms with E-state index in [0.29, 0.717) is 36.4 Å². The summed E-state index contributed by atoms with van der Waals surface area (Å²) in [5.74, 6) is 1.37. The van der Waals surface area contributed by atoms with Crippen molar-refractivity contribution in [2.45, 2.75) is 58.0 Å². The molecular weight excluding hydrogens is 452 g/mol. The van der Waals surface area contributed by atoms with E-state index in [-0.39, 0.29) is 29.4 Å². The Hall–Kier alpha value is -1.87. The molecule has 0 aliphatic carbocycles. The number of halogens is 1. The molecule has 1 amide bonds. The van der Waals surface area contributed by atoms with E-state index in [0.717, 1.165) is 24.4 Å². The zero-order chi connectivity index (χ0) is 21.6. The minimum absolute atomic E-state index is 0.0262. The first-order valence-electron chi connectivity index (χ1n) is 10.5. The highest BCUT2D eigenvalue weighted by Crippen LogP contribution is 2.34. The topological polar surface area (TPSA) is 88.9 Å². The Morgan fingerprint density at radius 3 is 2.67 bits per heavy atom. The molecule has 4 rings (SSSR count). The molecule has 1 N–H and O–H groups in total. The lowest BCUT2D eigenvalue weighted by molar-refractivity contribution is 0.0287. The first kappa shape index (κ1) is 21.4. The maximum Gasteiger partial charge on any atom is 0.410 e. The van der Waals surface area contributed by atoms with Crippen molar-refractivity contribution in [3.8, 4) is 0 Å². The monoisotopic (exact) mass is 480 g/mol. The van der Waals surface area contributed by atoms with Gasteiger partial charge in [0.15, 0.2) is 0 Å². The van der Waals surface area contributed by atoms with Crippen LogP contribution in [-0.2, 0) is 9.47 Å². The van der Waals surface area contributed by atoms with Gasteiger partial charge in [0.2, 0.25) is 0 Å². The molecule has 4 heterocycles. The number of likely N-dealkylation sites (tertiary alicyclic amines) is 1. The van der Waals surface area contributed by atoms with Crippen LogP contribution in [0.3, 0.4) is 0 Å². The second-order valence-electron chi connectivity index (χ2n) is 9.37. The Bertz CT molecular complexity index is 1000. The van der Waals surface area contributed by atoms with E-state index in [2.05, 4.69) is 32.8 Å². The molecule has 9 heteroatoms. The van der Waals surface area contributed by atoms with E-state index in [1.807, 2.05) is 31.4 Å². The molecule has 0 radical (unpaired) electrons. The van der Waals surface area contributed by atoms with Crippen LogP contribution in [0.15, 0.2) is 15.6 Å². The van der Waals surface area contributed by atoms with E-state index in [4.69, 9.17) is 9.47 Å². The molecule has 2 saturated heterocycles. The number of amides is 1. The van der Waals surface area contributed by atoms with Crippen molar-refractivity contribution >= 4 is 27.5 Å². The molecule has 2 aliphatic heterocycles. The largest absolute Gasteiger partial charge is 0.444 e. The fourth-order valence-electron chi connectivity index (χ4n) is 4.40. The minimum Gasteiger partial charge on any atom is -0.444 e. The summed E-state index contributed by atoms with van der Waals surface area (Å²) in [4.78, 5) is 34.9. The van der Waals surface area contributed by atoms with Gasteiger partial charge >= 0.3 is 6.09 Å². The Morgan fingerprint density at radius 2 is 2.00 bits per heavy atom. The van der Waals surface area contributed by atoms with Gasteiger partial charge in [-0.3, -0.25) is 9.20 Å². The molecule has 0 spiro atoms. The number of nitrogens with zero attached hydrogens (tertiary/aromatic N) is 3. The van der Waals surface area contributed by atoms with Gasteiger partial charge in [-0.2, -0.15) is 0 Å². The van der Waals surface area contributed by atoms with Crippen LogP contribution in [0.4, 0.5) is 4.79 Å². The molecule has 2 fully saturated rings. The van der Waals surface area contributed by atoms with E-state index in [1.54, 1.807) is 4.90 Å². The number of carbonyl (C=O) groups is 1. The molecule has 0 bridgehead atoms. The average molecular weight is 481 g/mol. The second kappa shape index (κ2) is 8.00. The van der Waals surface area contributed by atoms with Gasteiger partial charge in [0, 0.05) is 50.0 Å². The number of nitrogens with one attached hydrogen (secondary N) is 1. The van der Waals surface area contributed by atoms with Crippen molar-refractivity contribution < 1.29 is 14.3 Å². The van der Waals surface area contributed by atoms with Crippen LogP contribution in [0, 0.1) is 5.92 Å². The van der Waals surface area contributed by atoms with Crippen LogP contribution in [0.5, 0.6) is 0 Å². The fraction of sp³-hybridized carbons (Fsp3) is 0.667. The molecule has 0 unspecified atom stereocenters. The SMILES string of the molecule is C[C@@H]1CN(C(=O)OC(C)(C)C)C[C@H]1c1cn2c(C3CCOCC3)nc(Br)c2c(=O)[nH]1. The molecular formula is C21H29BrN4O4. The van der Waals surface area contributed by atoms with Crippen molar-refractivity contribution in [1.29, 1.82) is 0 Å². The molecule has 2 atom stereocenters. The van der Waals surface area contributed by atoms with Gasteiger partial charge in [0.1, 0.15) is 21.5 Å². The smallest absolute Gasteiger partial charge is 0.410 e. The lowest BCUT2D eigenvalue weighted by Gasteiger charge is -2.24. The Labute approximate surface area is 184 Å². The first-order chi connectivity index (χ1) is 14.1. The van der Waals surface area contributed by atoms with Gasteiger partial charge in [-0.15, -0.1) is 0 Å². The molecule has 30 heavy (non-hydrogen) atoms. The van der Waals surface area contributed by atoms with Gasteiger partial charge in [-0.25, -0.2) is 9.78 Å². The first-order valence-corrected chi connectivity index (χ1v) is 11.3. The number of ether oxygens (including phenoxy) is 2. The second-order valence-corrected chi connectivity index (χ2v) is 10.1. The van der Waals surface area contributed by atoms with Crippen molar-refractivity contribution in [2.24, 2.45) is 5.92 Å². The Morgan fingerprint density at radius 1 is 1.30 bits per heavy atom. The quantitative estimate of drug-likeness (QED) is 0.708. The molecule has 2 aliphatic rings. The van der Waals surface area contributed by atoms with E-state index in [1.165, 1.54) is 0 Å². The van der Waals surface area contributed by atoms with Gasteiger partial charge in [-0.05, 0) is 55.5 Å². The third kappa shape index (κ3) is 4.14. The zero-order valence-electron chi connectivity index (χ0n) is 17.9. The lowest BCUT2D eigenvalue weighted by Crippen LogP contribution is -2.35. The molecule has 0 aromatic carbocycles. The maximum atomic E-state index is 12.9. The lowest BCUT2D eigenvalue weighted by atomic mass is 9.95. The summed E-state index contributed by atoms with van der Waals surface area (Å²) >= 11 is 3.46. The van der Waals surface area contributed by atoms with Gasteiger partial charge in [-0.1, -0.05) is 6.92 Å². The fourth-order valence-corrected chi connectivity index (χ4v) is 4.95. The van der Waals surface area contributed by atoms with Crippen LogP contribution in [-0.4, -0.2) is 57.3 Å². The van der Waals surface area contributed by atoms with Crippen molar-refractivity contribution in [2.75, 3.05) is 26.3 Å². The van der Waals surface area contributed by atoms with E-state index >= 15 is 0 Å². The summed E-state index contributed by atoms with van der Waals surface area (Å²) in [5.41, 5.74) is 0.639. The number of imidazole rings is 1. The molecule has 2 aromatic rings. The number of fused-ring (bicyclic) bond motifs is 1. The van der Waals surface area contributed by atoms with Gasteiger partial charge in [0.05, 0.1) is 0 Å². The van der Waals surface area contributed by atoms with Gasteiger partial charge < -0.3 is 19.4 Å². The minimum atomic E-state index is -0.534. The van der Waals surface area contributed by atoms with Crippen LogP contribution in [0.1, 0.15) is 63.9 Å². The van der Waals surface area contributed by atoms with Crippen molar-refractivity contribution in [3.05, 3.63) is 32.7 Å². The third-order valence-electron chi connectivity index (χ3n) is 5.89. The predicted molar refractivity (Wildman–Crippen MR) is 116 cm³/mol. The third-order valence-corrected chi connectivity index (χ3v) is 6.44. The van der Waals surface area contributed by atoms with E-state index in [9.17, 15) is 9.59 Å². The normalized spacial score (nSPS) is 23.3. The number of hydrogen-bond donors (Lipinski definition) is 1. The van der Waals surface area contributed by atoms with Crippen LogP contribution in [0.2, 0.25) is 0 Å². The molecule has 2 aromatic heterocycles. The molecule has 8 nitrogen and oxygen atoms in total. The number of H-pyrrole nitrogens is 1. The van der Waals surface area contributed by atoms with Crippen LogP contribution >= 0.6 is 15.9 Å². The number of rotatable bonds is 2. The summed E-state index contributed by atoms with van der Waals surface area (Å²) in [6, 6.07) is 0. The Balaban J connectivity index is 1.66. The standard InChI is InChI=1S/C21H29BrN4O4/c1-12-9-25(20(28)30-21(2,3)4)10-14(12)15-11-26-16(19(27)23-15)17(22)24-18(26)13-5-7-29-8-6-13/h11-14H,5-10H2,1-4H3,(H,23,27)/t12-,14-/m1/s1. The average Bonchev–Trinajstić information content (AvgIpc) is 3.22. The van der Waals surface area contributed by atoms with Crippen LogP contribution in [0.25, 0.3) is 5.52 Å². The highest BCUT2D eigenvalue weighted by atomic mass is 79.9. The summed E-state index contributed by atoms with van der Waals surface area (Å²) in [5, 5.41) is 0. The highest BCUT2D eigenvalue weighted by Gasteiger charge is 2.37. The molecule has 0 saturated carbocycles. The summed E-state index contributed by atoms with van der Waals surface area (Å²) in [7, 11) is 0. The van der Waals surface area contributed by atoms with Crippen molar-refractivity contribution in [1.82, 2.24) is 19.3 Å². The highest BCUT2D eigenvalue weighted by molar-refractivity contribution is 9.10. The van der Waals surface area contributed by atoms with E-state index < -0.39 is 5.60 Å². The predicted octanol–water partition coefficient (Wildman–Crippen LogP) is 3.65. The van der Waals surface area contributed by atoms with Gasteiger partial charge in [0.25, 0.3) is 5.56 Å². The summed E-state index contributed by atoms with van der Waals surface area (Å²) < 4.78 is 13.5. The number of aromatic nitrogens is 3. The summed E-state index contributed by atoms with van der Waals surface area (Å²) in [6.45, 7) is 10.2. The van der Waals surface area contributed by atoms with Crippen LogP contribution < -0.4 is 5.56 Å². The number of carbonyl (C=O) groups excluding carboxylic acids is 1. The van der Waals surface area contributed by atoms with Crippen molar-refractivity contribution in [3.63, 3.8) is 0 Å². The Kier molecular flexibility index (Phi) is 5.69. The maximum absolute atomic E-state index is 12.9. The number of aromatic amines is 1.